The van der Waals surface area contributed by atoms with E-state index in [0.717, 1.165) is 75.0 Å². The van der Waals surface area contributed by atoms with Crippen molar-refractivity contribution in [1.82, 2.24) is 10.2 Å². The predicted octanol–water partition coefficient (Wildman–Crippen LogP) is 3.32. The number of hydrogen-bond acceptors (Lipinski definition) is 6. The van der Waals surface area contributed by atoms with Gasteiger partial charge in [0.25, 0.3) is 5.91 Å². The Kier molecular flexibility index (Phi) is 8.89. The molecule has 0 bridgehead atoms. The van der Waals surface area contributed by atoms with E-state index in [4.69, 9.17) is 10.5 Å². The molecule has 2 aliphatic carbocycles. The van der Waals surface area contributed by atoms with Crippen molar-refractivity contribution in [3.8, 4) is 5.75 Å². The number of anilines is 2. The highest BCUT2D eigenvalue weighted by Crippen LogP contribution is 2.33. The molecule has 1 aliphatic heterocycles. The van der Waals surface area contributed by atoms with Crippen LogP contribution < -0.4 is 26.0 Å². The third-order valence-electron chi connectivity index (χ3n) is 8.24. The van der Waals surface area contributed by atoms with Gasteiger partial charge in [-0.15, -0.1) is 0 Å². The lowest BCUT2D eigenvalue weighted by molar-refractivity contribution is -0.132. The summed E-state index contributed by atoms with van der Waals surface area (Å²) in [6.07, 6.45) is 6.62. The zero-order valence-electron chi connectivity index (χ0n) is 23.4. The average Bonchev–Trinajstić information content (AvgIpc) is 3.82. The fourth-order valence-corrected chi connectivity index (χ4v) is 5.68. The van der Waals surface area contributed by atoms with Crippen LogP contribution in [0.15, 0.2) is 42.5 Å². The van der Waals surface area contributed by atoms with Crippen molar-refractivity contribution in [3.63, 3.8) is 0 Å². The summed E-state index contributed by atoms with van der Waals surface area (Å²) in [6.45, 7) is 2.84. The largest absolute Gasteiger partial charge is 0.497 e. The lowest BCUT2D eigenvalue weighted by Crippen LogP contribution is -2.40. The highest BCUT2D eigenvalue weighted by atomic mass is 16.5. The molecule has 0 radical (unpaired) electrons. The Labute approximate surface area is 236 Å². The molecule has 9 heteroatoms. The Morgan fingerprint density at radius 3 is 2.38 bits per heavy atom. The fraction of sp³-hybridized carbons (Fsp3) is 0.516. The Morgan fingerprint density at radius 2 is 1.68 bits per heavy atom. The van der Waals surface area contributed by atoms with Crippen LogP contribution in [-0.2, 0) is 16.0 Å². The number of ether oxygens (including phenoxy) is 1. The van der Waals surface area contributed by atoms with Crippen molar-refractivity contribution in [3.05, 3.63) is 53.6 Å². The molecule has 40 heavy (non-hydrogen) atoms. The van der Waals surface area contributed by atoms with E-state index in [1.807, 2.05) is 41.3 Å². The van der Waals surface area contributed by atoms with E-state index in [1.54, 1.807) is 13.2 Å². The molecule has 3 amide bonds. The van der Waals surface area contributed by atoms with Gasteiger partial charge in [-0.3, -0.25) is 14.4 Å². The summed E-state index contributed by atoms with van der Waals surface area (Å²) < 4.78 is 5.22. The number of amides is 3. The van der Waals surface area contributed by atoms with E-state index in [0.29, 0.717) is 24.3 Å². The van der Waals surface area contributed by atoms with E-state index in [-0.39, 0.29) is 42.1 Å². The third kappa shape index (κ3) is 7.13. The molecule has 1 heterocycles. The molecule has 2 aromatic carbocycles. The van der Waals surface area contributed by atoms with Gasteiger partial charge in [-0.1, -0.05) is 12.1 Å². The van der Waals surface area contributed by atoms with Crippen molar-refractivity contribution in [2.24, 2.45) is 11.7 Å². The normalized spacial score (nSPS) is 21.4. The number of methoxy groups -OCH3 is 1. The minimum Gasteiger partial charge on any atom is -0.497 e. The third-order valence-corrected chi connectivity index (χ3v) is 8.24. The van der Waals surface area contributed by atoms with Gasteiger partial charge in [0, 0.05) is 49.7 Å². The number of benzene rings is 2. The van der Waals surface area contributed by atoms with Crippen molar-refractivity contribution in [2.45, 2.75) is 63.5 Å². The van der Waals surface area contributed by atoms with Crippen LogP contribution >= 0.6 is 0 Å². The molecule has 9 nitrogen and oxygen atoms in total. The Balaban J connectivity index is 1.32. The first kappa shape index (κ1) is 28.0. The summed E-state index contributed by atoms with van der Waals surface area (Å²) in [4.78, 5) is 43.2. The molecular weight excluding hydrogens is 506 g/mol. The highest BCUT2D eigenvalue weighted by Gasteiger charge is 2.34. The van der Waals surface area contributed by atoms with Gasteiger partial charge >= 0.3 is 0 Å². The summed E-state index contributed by atoms with van der Waals surface area (Å²) >= 11 is 0. The summed E-state index contributed by atoms with van der Waals surface area (Å²) in [5.41, 5.74) is 8.89. The summed E-state index contributed by atoms with van der Waals surface area (Å²) in [5.74, 6) is 0.906. The van der Waals surface area contributed by atoms with E-state index >= 15 is 0 Å². The van der Waals surface area contributed by atoms with E-state index in [1.165, 1.54) is 0 Å². The van der Waals surface area contributed by atoms with Crippen molar-refractivity contribution >= 4 is 29.1 Å². The molecule has 2 aromatic rings. The average molecular weight is 548 g/mol. The molecule has 0 atom stereocenters. The second kappa shape index (κ2) is 12.7. The first-order valence-corrected chi connectivity index (χ1v) is 14.6. The molecule has 1 saturated heterocycles. The van der Waals surface area contributed by atoms with Gasteiger partial charge in [-0.25, -0.2) is 0 Å². The number of carbonyl (C=O) groups excluding carboxylic acids is 3. The van der Waals surface area contributed by atoms with Crippen LogP contribution in [0.2, 0.25) is 0 Å². The zero-order chi connectivity index (χ0) is 28.1. The molecule has 214 valence electrons. The van der Waals surface area contributed by atoms with E-state index in [2.05, 4.69) is 15.5 Å². The van der Waals surface area contributed by atoms with Gasteiger partial charge in [0.2, 0.25) is 11.8 Å². The van der Waals surface area contributed by atoms with E-state index < -0.39 is 0 Å². The summed E-state index contributed by atoms with van der Waals surface area (Å²) in [5, 5.41) is 6.24. The fourth-order valence-electron chi connectivity index (χ4n) is 5.68. The molecular formula is C31H41N5O4. The monoisotopic (exact) mass is 547 g/mol. The van der Waals surface area contributed by atoms with Gasteiger partial charge in [0.1, 0.15) is 5.75 Å². The predicted molar refractivity (Wildman–Crippen MR) is 156 cm³/mol. The van der Waals surface area contributed by atoms with Gasteiger partial charge in [-0.2, -0.15) is 0 Å². The molecule has 4 N–H and O–H groups in total. The first-order chi connectivity index (χ1) is 19.4. The Morgan fingerprint density at radius 1 is 0.925 bits per heavy atom. The first-order valence-electron chi connectivity index (χ1n) is 14.6. The smallest absolute Gasteiger partial charge is 0.251 e. The standard InChI is InChI=1S/C31H41N5O4/c1-40-26-12-3-21(4-13-26)19-29(37)34-27-20-23(30(38)33-25-10-8-24(32)9-11-25)7-14-28(27)35-15-2-16-36(18-17-35)31(39)22-5-6-22/h3-4,7,12-14,20,22,24-25H,2,5-6,8-11,15-19,32H2,1H3,(H,33,38)(H,34,37). The van der Waals surface area contributed by atoms with Gasteiger partial charge in [0.15, 0.2) is 0 Å². The van der Waals surface area contributed by atoms with Crippen molar-refractivity contribution < 1.29 is 19.1 Å². The number of nitrogens with zero attached hydrogens (tertiary/aromatic N) is 2. The number of nitrogens with two attached hydrogens (primary N) is 1. The van der Waals surface area contributed by atoms with Gasteiger partial charge in [-0.05, 0) is 80.8 Å². The van der Waals surface area contributed by atoms with E-state index in [9.17, 15) is 14.4 Å². The number of carbonyl (C=O) groups is 3. The lowest BCUT2D eigenvalue weighted by Gasteiger charge is -2.28. The molecule has 0 spiro atoms. The van der Waals surface area contributed by atoms with Gasteiger partial charge < -0.3 is 30.9 Å². The topological polar surface area (TPSA) is 117 Å². The molecule has 2 saturated carbocycles. The molecule has 0 aromatic heterocycles. The molecule has 3 aliphatic rings. The number of hydrogen-bond donors (Lipinski definition) is 3. The minimum absolute atomic E-state index is 0.112. The SMILES string of the molecule is COc1ccc(CC(=O)Nc2cc(C(=O)NC3CCC(N)CC3)ccc2N2CCCN(C(=O)C3CC3)CC2)cc1. The van der Waals surface area contributed by atoms with Crippen LogP contribution in [-0.4, -0.2) is 68.0 Å². The Bertz CT molecular complexity index is 1200. The summed E-state index contributed by atoms with van der Waals surface area (Å²) in [7, 11) is 1.61. The van der Waals surface area contributed by atoms with Crippen LogP contribution in [0.4, 0.5) is 11.4 Å². The molecule has 3 fully saturated rings. The quantitative estimate of drug-likeness (QED) is 0.467. The van der Waals surface area contributed by atoms with Crippen LogP contribution in [0.25, 0.3) is 0 Å². The maximum Gasteiger partial charge on any atom is 0.251 e. The number of rotatable bonds is 8. The maximum atomic E-state index is 13.2. The maximum absolute atomic E-state index is 13.2. The Hall–Kier alpha value is -3.59. The van der Waals surface area contributed by atoms with Crippen LogP contribution in [0.3, 0.4) is 0 Å². The van der Waals surface area contributed by atoms with Crippen LogP contribution in [0.5, 0.6) is 5.75 Å². The molecule has 0 unspecified atom stereocenters. The van der Waals surface area contributed by atoms with Crippen LogP contribution in [0.1, 0.15) is 60.9 Å². The highest BCUT2D eigenvalue weighted by molar-refractivity contribution is 6.00. The summed E-state index contributed by atoms with van der Waals surface area (Å²) in [6, 6.07) is 13.3. The second-order valence-electron chi connectivity index (χ2n) is 11.3. The van der Waals surface area contributed by atoms with Gasteiger partial charge in [0.05, 0.1) is 24.9 Å². The second-order valence-corrected chi connectivity index (χ2v) is 11.3. The zero-order valence-corrected chi connectivity index (χ0v) is 23.4. The molecule has 5 rings (SSSR count). The minimum atomic E-state index is -0.161. The van der Waals surface area contributed by atoms with Crippen LogP contribution in [0, 0.1) is 5.92 Å². The van der Waals surface area contributed by atoms with Crippen molar-refractivity contribution in [2.75, 3.05) is 43.5 Å². The lowest BCUT2D eigenvalue weighted by atomic mass is 9.91. The number of nitrogens with one attached hydrogen (secondary N) is 2. The van der Waals surface area contributed by atoms with Crippen molar-refractivity contribution in [1.29, 1.82) is 0 Å².